The molecule has 0 fully saturated rings. The zero-order valence-corrected chi connectivity index (χ0v) is 33.7. The van der Waals surface area contributed by atoms with Crippen LogP contribution < -0.4 is 14.5 Å². The molecule has 0 aliphatic carbocycles. The van der Waals surface area contributed by atoms with Gasteiger partial charge in [-0.15, -0.1) is 40.9 Å². The van der Waals surface area contributed by atoms with Gasteiger partial charge in [-0.3, -0.25) is 0 Å². The Kier molecular flexibility index (Phi) is 9.43. The van der Waals surface area contributed by atoms with Crippen LogP contribution in [-0.4, -0.2) is 33.1 Å². The number of hydrogen-bond donors (Lipinski definition) is 0. The molecule has 0 atom stereocenters. The predicted molar refractivity (Wildman–Crippen MR) is 226 cm³/mol. The summed E-state index contributed by atoms with van der Waals surface area (Å²) in [6.07, 6.45) is 6.12. The van der Waals surface area contributed by atoms with Crippen LogP contribution in [0.4, 0.5) is 17.1 Å². The van der Waals surface area contributed by atoms with Gasteiger partial charge in [-0.2, -0.15) is 18.8 Å². The zero-order valence-electron chi connectivity index (χ0n) is 31.4. The van der Waals surface area contributed by atoms with Crippen LogP contribution in [0.15, 0.2) is 140 Å². The van der Waals surface area contributed by atoms with Gasteiger partial charge in [0.05, 0.1) is 0 Å². The van der Waals surface area contributed by atoms with E-state index in [1.54, 1.807) is 0 Å². The molecular formula is C48H35N7OPt. The van der Waals surface area contributed by atoms with E-state index in [0.29, 0.717) is 41.1 Å². The van der Waals surface area contributed by atoms with Crippen molar-refractivity contribution in [2.24, 2.45) is 0 Å². The number of aryl methyl sites for hydroxylation is 2. The van der Waals surface area contributed by atoms with Gasteiger partial charge in [0, 0.05) is 34.0 Å². The van der Waals surface area contributed by atoms with Gasteiger partial charge in [-0.1, -0.05) is 125 Å². The Labute approximate surface area is 346 Å². The second kappa shape index (κ2) is 14.9. The summed E-state index contributed by atoms with van der Waals surface area (Å²) in [5.41, 5.74) is 9.65. The fourth-order valence-corrected chi connectivity index (χ4v) is 7.32. The Morgan fingerprint density at radius 2 is 1.37 bits per heavy atom. The molecule has 10 rings (SSSR count). The number of fused-ring (bicyclic) bond motifs is 4. The van der Waals surface area contributed by atoms with Gasteiger partial charge in [0.2, 0.25) is 0 Å². The van der Waals surface area contributed by atoms with Crippen LogP contribution in [-0.2, 0) is 21.1 Å². The molecule has 278 valence electrons. The quantitative estimate of drug-likeness (QED) is 0.148. The van der Waals surface area contributed by atoms with E-state index in [-0.39, 0.29) is 21.1 Å². The average Bonchev–Trinajstić information content (AvgIpc) is 3.75. The Morgan fingerprint density at radius 3 is 2.07 bits per heavy atom. The number of benzene rings is 6. The van der Waals surface area contributed by atoms with E-state index in [1.165, 1.54) is 0 Å². The first-order valence-electron chi connectivity index (χ1n) is 18.6. The number of nitrogens with zero attached hydrogens (tertiary/aromatic N) is 7. The summed E-state index contributed by atoms with van der Waals surface area (Å²) in [5.74, 6) is 3.42. The van der Waals surface area contributed by atoms with E-state index in [2.05, 4.69) is 132 Å². The van der Waals surface area contributed by atoms with Crippen LogP contribution in [0.2, 0.25) is 0 Å². The van der Waals surface area contributed by atoms with Gasteiger partial charge in [-0.05, 0) is 50.7 Å². The molecule has 8 aromatic rings. The SMILES string of the molecule is Cc1ccc(-c2nc(-c3ccc(C)cc3)nc(-c3cc4c5ccccc5n(C5=CC=CC[N-]5)c4[c-]c3Oc3[c-]c(N4[CH-]N(C)c5ccccc54)ccc3)n2)cc1.[Pt+4]. The Hall–Kier alpha value is -6.50. The maximum absolute atomic E-state index is 6.90. The maximum atomic E-state index is 6.90. The first kappa shape index (κ1) is 36.2. The molecule has 6 aromatic carbocycles. The van der Waals surface area contributed by atoms with Crippen molar-refractivity contribution in [2.45, 2.75) is 13.8 Å². The molecule has 2 aliphatic rings. The van der Waals surface area contributed by atoms with E-state index in [9.17, 15) is 0 Å². The first-order valence-corrected chi connectivity index (χ1v) is 18.6. The predicted octanol–water partition coefficient (Wildman–Crippen LogP) is 11.4. The normalized spacial score (nSPS) is 13.4. The largest absolute Gasteiger partial charge is 4.00 e. The van der Waals surface area contributed by atoms with Gasteiger partial charge in [-0.25, -0.2) is 15.0 Å². The van der Waals surface area contributed by atoms with Crippen molar-refractivity contribution in [1.82, 2.24) is 19.5 Å². The average molecular weight is 921 g/mol. The molecule has 8 nitrogen and oxygen atoms in total. The molecule has 0 radical (unpaired) electrons. The Morgan fingerprint density at radius 1 is 0.702 bits per heavy atom. The van der Waals surface area contributed by atoms with Crippen molar-refractivity contribution in [3.05, 3.63) is 175 Å². The third-order valence-electron chi connectivity index (χ3n) is 10.2. The molecule has 2 aliphatic heterocycles. The Balaban J connectivity index is 0.00000422. The summed E-state index contributed by atoms with van der Waals surface area (Å²) >= 11 is 0. The summed E-state index contributed by atoms with van der Waals surface area (Å²) in [7, 11) is 2.04. The molecule has 0 unspecified atom stereocenters. The van der Waals surface area contributed by atoms with Gasteiger partial charge in [0.1, 0.15) is 5.82 Å². The molecule has 0 saturated heterocycles. The topological polar surface area (TPSA) is 73.4 Å². The number of allylic oxidation sites excluding steroid dienone is 2. The van der Waals surface area contributed by atoms with Crippen LogP contribution in [0.3, 0.4) is 0 Å². The van der Waals surface area contributed by atoms with Gasteiger partial charge in [0.15, 0.2) is 11.6 Å². The molecule has 0 amide bonds. The summed E-state index contributed by atoms with van der Waals surface area (Å²) in [6, 6.07) is 48.5. The number of anilines is 3. The first-order chi connectivity index (χ1) is 27.5. The third-order valence-corrected chi connectivity index (χ3v) is 10.2. The second-order valence-corrected chi connectivity index (χ2v) is 14.0. The minimum atomic E-state index is 0. The fourth-order valence-electron chi connectivity index (χ4n) is 7.32. The van der Waals surface area contributed by atoms with Crippen molar-refractivity contribution in [2.75, 3.05) is 23.4 Å². The van der Waals surface area contributed by atoms with Crippen LogP contribution in [0, 0.1) is 32.6 Å². The zero-order chi connectivity index (χ0) is 37.8. The van der Waals surface area contributed by atoms with E-state index in [0.717, 1.165) is 66.9 Å². The molecule has 0 spiro atoms. The number of para-hydroxylation sites is 3. The molecular weight excluding hydrogens is 886 g/mol. The smallest absolute Gasteiger partial charge is 0.508 e. The standard InChI is InChI=1S/C48H35N7O.Pt/c1-31-18-22-33(23-19-31)46-50-47(34-24-20-32(2)21-25-34)52-48(51-46)39-28-38-37-13-4-5-14-40(37)55(45-17-8-9-26-49-45)43(38)29-44(39)56-36-12-10-11-35(27-36)54-30-53(3)41-15-6-7-16-42(41)54;/h4-25,28,30H,26H2,1-3H3;/q-4;+4. The number of hydrogen-bond acceptors (Lipinski definition) is 6. The summed E-state index contributed by atoms with van der Waals surface area (Å²) in [6.45, 7) is 6.80. The summed E-state index contributed by atoms with van der Waals surface area (Å²) < 4.78 is 9.06. The van der Waals surface area contributed by atoms with Crippen LogP contribution in [0.1, 0.15) is 11.1 Å². The number of aromatic nitrogens is 4. The molecule has 0 bridgehead atoms. The summed E-state index contributed by atoms with van der Waals surface area (Å²) in [4.78, 5) is 19.5. The molecule has 0 saturated carbocycles. The molecule has 2 aromatic heterocycles. The van der Waals surface area contributed by atoms with E-state index in [4.69, 9.17) is 25.0 Å². The maximum Gasteiger partial charge on any atom is 4.00 e. The minimum Gasteiger partial charge on any atom is -0.508 e. The van der Waals surface area contributed by atoms with Crippen LogP contribution >= 0.6 is 0 Å². The van der Waals surface area contributed by atoms with Crippen molar-refractivity contribution >= 4 is 44.7 Å². The second-order valence-electron chi connectivity index (χ2n) is 14.0. The molecule has 9 heteroatoms. The third kappa shape index (κ3) is 6.66. The van der Waals surface area contributed by atoms with Crippen molar-refractivity contribution in [1.29, 1.82) is 0 Å². The number of rotatable bonds is 7. The number of ether oxygens (including phenoxy) is 1. The minimum absolute atomic E-state index is 0. The van der Waals surface area contributed by atoms with Crippen molar-refractivity contribution < 1.29 is 25.8 Å². The monoisotopic (exact) mass is 920 g/mol. The van der Waals surface area contributed by atoms with Gasteiger partial charge in [0.25, 0.3) is 0 Å². The van der Waals surface area contributed by atoms with Crippen LogP contribution in [0.25, 0.3) is 67.1 Å². The molecule has 57 heavy (non-hydrogen) atoms. The van der Waals surface area contributed by atoms with E-state index in [1.807, 2.05) is 61.7 Å². The van der Waals surface area contributed by atoms with Gasteiger partial charge >= 0.3 is 21.1 Å². The molecule has 0 N–H and O–H groups in total. The molecule has 4 heterocycles. The van der Waals surface area contributed by atoms with E-state index >= 15 is 0 Å². The van der Waals surface area contributed by atoms with Crippen molar-refractivity contribution in [3.63, 3.8) is 0 Å². The van der Waals surface area contributed by atoms with Crippen LogP contribution in [0.5, 0.6) is 11.5 Å². The van der Waals surface area contributed by atoms with Gasteiger partial charge < -0.3 is 24.4 Å². The Bertz CT molecular complexity index is 2800. The van der Waals surface area contributed by atoms with E-state index < -0.39 is 0 Å². The van der Waals surface area contributed by atoms with Crippen molar-refractivity contribution in [3.8, 4) is 45.7 Å². The summed E-state index contributed by atoms with van der Waals surface area (Å²) in [5, 5.41) is 6.91. The fraction of sp³-hybridized carbons (Fsp3) is 0.0833.